The lowest BCUT2D eigenvalue weighted by molar-refractivity contribution is 0.0696. The number of hydrogen-bond donors (Lipinski definition) is 2. The number of aryl methyl sites for hydroxylation is 1. The maximum absolute atomic E-state index is 12.1. The number of benzene rings is 1. The molecule has 1 aliphatic heterocycles. The summed E-state index contributed by atoms with van der Waals surface area (Å²) >= 11 is 0. The molecule has 5 heteroatoms. The minimum absolute atomic E-state index is 0.108. The SMILES string of the molecule is CCC1CCN(C(=O)Nc2ccc(C(=O)O)c(C)c2)C1. The lowest BCUT2D eigenvalue weighted by atomic mass is 10.1. The molecule has 108 valence electrons. The molecule has 0 aromatic heterocycles. The van der Waals surface area contributed by atoms with E-state index in [0.717, 1.165) is 25.9 Å². The van der Waals surface area contributed by atoms with Crippen LogP contribution >= 0.6 is 0 Å². The van der Waals surface area contributed by atoms with E-state index in [1.165, 1.54) is 6.07 Å². The van der Waals surface area contributed by atoms with Crippen molar-refractivity contribution >= 4 is 17.7 Å². The van der Waals surface area contributed by atoms with Gasteiger partial charge in [0.1, 0.15) is 0 Å². The number of hydrogen-bond acceptors (Lipinski definition) is 2. The zero-order chi connectivity index (χ0) is 14.7. The van der Waals surface area contributed by atoms with Crippen LogP contribution in [0.4, 0.5) is 10.5 Å². The molecule has 2 rings (SSSR count). The van der Waals surface area contributed by atoms with Crippen LogP contribution in [-0.2, 0) is 0 Å². The van der Waals surface area contributed by atoms with Crippen LogP contribution < -0.4 is 5.32 Å². The lowest BCUT2D eigenvalue weighted by Gasteiger charge is -2.17. The third-order valence-electron chi connectivity index (χ3n) is 3.86. The number of nitrogens with one attached hydrogen (secondary N) is 1. The minimum atomic E-state index is -0.953. The molecule has 1 aromatic rings. The van der Waals surface area contributed by atoms with E-state index in [9.17, 15) is 9.59 Å². The number of rotatable bonds is 3. The van der Waals surface area contributed by atoms with Gasteiger partial charge in [0.25, 0.3) is 0 Å². The summed E-state index contributed by atoms with van der Waals surface area (Å²) < 4.78 is 0. The fraction of sp³-hybridized carbons (Fsp3) is 0.467. The van der Waals surface area contributed by atoms with E-state index in [1.807, 2.05) is 4.90 Å². The Morgan fingerprint density at radius 2 is 2.20 bits per heavy atom. The number of anilines is 1. The molecule has 0 aliphatic carbocycles. The molecule has 0 saturated carbocycles. The summed E-state index contributed by atoms with van der Waals surface area (Å²) in [5, 5.41) is 11.8. The van der Waals surface area contributed by atoms with Gasteiger partial charge in [-0.15, -0.1) is 0 Å². The van der Waals surface area contributed by atoms with Crippen molar-refractivity contribution in [3.8, 4) is 0 Å². The first-order valence-electron chi connectivity index (χ1n) is 6.91. The van der Waals surface area contributed by atoms with Crippen LogP contribution in [0.5, 0.6) is 0 Å². The van der Waals surface area contributed by atoms with Gasteiger partial charge in [0.05, 0.1) is 5.56 Å². The summed E-state index contributed by atoms with van der Waals surface area (Å²) in [7, 11) is 0. The van der Waals surface area contributed by atoms with Crippen molar-refractivity contribution in [1.82, 2.24) is 4.90 Å². The van der Waals surface area contributed by atoms with Crippen LogP contribution in [0, 0.1) is 12.8 Å². The molecule has 5 nitrogen and oxygen atoms in total. The Bertz CT molecular complexity index is 528. The van der Waals surface area contributed by atoms with Crippen LogP contribution in [0.2, 0.25) is 0 Å². The number of aromatic carboxylic acids is 1. The maximum Gasteiger partial charge on any atom is 0.335 e. The second kappa shape index (κ2) is 5.94. The summed E-state index contributed by atoms with van der Waals surface area (Å²) in [6.45, 7) is 5.45. The zero-order valence-electron chi connectivity index (χ0n) is 11.8. The Morgan fingerprint density at radius 3 is 2.75 bits per heavy atom. The van der Waals surface area contributed by atoms with Crippen LogP contribution in [0.25, 0.3) is 0 Å². The largest absolute Gasteiger partial charge is 0.478 e. The predicted octanol–water partition coefficient (Wildman–Crippen LogP) is 2.96. The molecule has 1 aromatic carbocycles. The first-order valence-corrected chi connectivity index (χ1v) is 6.91. The number of nitrogens with zero attached hydrogens (tertiary/aromatic N) is 1. The Kier molecular flexibility index (Phi) is 4.27. The van der Waals surface area contributed by atoms with Gasteiger partial charge in [0, 0.05) is 18.8 Å². The monoisotopic (exact) mass is 276 g/mol. The highest BCUT2D eigenvalue weighted by molar-refractivity contribution is 5.92. The summed E-state index contributed by atoms with van der Waals surface area (Å²) in [4.78, 5) is 24.9. The number of carboxylic acids is 1. The molecule has 2 N–H and O–H groups in total. The summed E-state index contributed by atoms with van der Waals surface area (Å²) in [6.07, 6.45) is 2.15. The van der Waals surface area contributed by atoms with E-state index in [4.69, 9.17) is 5.11 Å². The van der Waals surface area contributed by atoms with E-state index in [1.54, 1.807) is 19.1 Å². The van der Waals surface area contributed by atoms with E-state index < -0.39 is 5.97 Å². The van der Waals surface area contributed by atoms with Crippen LogP contribution in [-0.4, -0.2) is 35.1 Å². The standard InChI is InChI=1S/C15H20N2O3/c1-3-11-6-7-17(9-11)15(20)16-12-4-5-13(14(18)19)10(2)8-12/h4-5,8,11H,3,6-7,9H2,1-2H3,(H,16,20)(H,18,19). The highest BCUT2D eigenvalue weighted by Gasteiger charge is 2.25. The highest BCUT2D eigenvalue weighted by Crippen LogP contribution is 2.21. The number of carbonyl (C=O) groups excluding carboxylic acids is 1. The zero-order valence-corrected chi connectivity index (χ0v) is 11.8. The van der Waals surface area contributed by atoms with Gasteiger partial charge in [-0.2, -0.15) is 0 Å². The number of urea groups is 1. The second-order valence-corrected chi connectivity index (χ2v) is 5.27. The number of carboxylic acid groups (broad SMARTS) is 1. The summed E-state index contributed by atoms with van der Waals surface area (Å²) in [5.74, 6) is -0.359. The van der Waals surface area contributed by atoms with E-state index in [2.05, 4.69) is 12.2 Å². The normalized spacial score (nSPS) is 18.1. The third kappa shape index (κ3) is 3.10. The van der Waals surface area contributed by atoms with E-state index in [-0.39, 0.29) is 11.6 Å². The van der Waals surface area contributed by atoms with Gasteiger partial charge < -0.3 is 15.3 Å². The van der Waals surface area contributed by atoms with Crippen molar-refractivity contribution in [3.05, 3.63) is 29.3 Å². The topological polar surface area (TPSA) is 69.6 Å². The van der Waals surface area contributed by atoms with Gasteiger partial charge in [0.15, 0.2) is 0 Å². The van der Waals surface area contributed by atoms with Crippen molar-refractivity contribution in [3.63, 3.8) is 0 Å². The lowest BCUT2D eigenvalue weighted by Crippen LogP contribution is -2.33. The smallest absolute Gasteiger partial charge is 0.335 e. The molecule has 2 amide bonds. The van der Waals surface area contributed by atoms with Gasteiger partial charge in [-0.3, -0.25) is 0 Å². The minimum Gasteiger partial charge on any atom is -0.478 e. The molecule has 1 aliphatic rings. The van der Waals surface area contributed by atoms with Gasteiger partial charge >= 0.3 is 12.0 Å². The number of amides is 2. The third-order valence-corrected chi connectivity index (χ3v) is 3.86. The highest BCUT2D eigenvalue weighted by atomic mass is 16.4. The molecular weight excluding hydrogens is 256 g/mol. The fourth-order valence-electron chi connectivity index (χ4n) is 2.53. The number of likely N-dealkylation sites (tertiary alicyclic amines) is 1. The van der Waals surface area contributed by atoms with Crippen molar-refractivity contribution < 1.29 is 14.7 Å². The molecule has 1 fully saturated rings. The van der Waals surface area contributed by atoms with Gasteiger partial charge in [0.2, 0.25) is 0 Å². The predicted molar refractivity (Wildman–Crippen MR) is 77.1 cm³/mol. The first kappa shape index (κ1) is 14.4. The maximum atomic E-state index is 12.1. The molecule has 0 radical (unpaired) electrons. The Balaban J connectivity index is 2.02. The van der Waals surface area contributed by atoms with Crippen LogP contribution in [0.3, 0.4) is 0 Å². The van der Waals surface area contributed by atoms with Crippen LogP contribution in [0.15, 0.2) is 18.2 Å². The summed E-state index contributed by atoms with van der Waals surface area (Å²) in [5.41, 5.74) is 1.54. The molecule has 0 spiro atoms. The summed E-state index contributed by atoms with van der Waals surface area (Å²) in [6, 6.07) is 4.73. The van der Waals surface area contributed by atoms with Crippen molar-refractivity contribution in [1.29, 1.82) is 0 Å². The molecular formula is C15H20N2O3. The van der Waals surface area contributed by atoms with E-state index in [0.29, 0.717) is 17.2 Å². The molecule has 1 unspecified atom stereocenters. The fourth-order valence-corrected chi connectivity index (χ4v) is 2.53. The van der Waals surface area contributed by atoms with E-state index >= 15 is 0 Å². The molecule has 1 saturated heterocycles. The second-order valence-electron chi connectivity index (χ2n) is 5.27. The first-order chi connectivity index (χ1) is 9.51. The number of carbonyl (C=O) groups is 2. The van der Waals surface area contributed by atoms with Crippen molar-refractivity contribution in [2.45, 2.75) is 26.7 Å². The Hall–Kier alpha value is -2.04. The molecule has 0 bridgehead atoms. The average molecular weight is 276 g/mol. The van der Waals surface area contributed by atoms with Crippen molar-refractivity contribution in [2.24, 2.45) is 5.92 Å². The van der Waals surface area contributed by atoms with Gasteiger partial charge in [-0.05, 0) is 43.0 Å². The molecule has 1 heterocycles. The Morgan fingerprint density at radius 1 is 1.45 bits per heavy atom. The molecule has 20 heavy (non-hydrogen) atoms. The molecule has 1 atom stereocenters. The van der Waals surface area contributed by atoms with Crippen molar-refractivity contribution in [2.75, 3.05) is 18.4 Å². The van der Waals surface area contributed by atoms with Gasteiger partial charge in [-0.1, -0.05) is 13.3 Å². The quantitative estimate of drug-likeness (QED) is 0.891. The average Bonchev–Trinajstić information content (AvgIpc) is 2.87. The van der Waals surface area contributed by atoms with Gasteiger partial charge in [-0.25, -0.2) is 9.59 Å². The Labute approximate surface area is 118 Å². The van der Waals surface area contributed by atoms with Crippen LogP contribution in [0.1, 0.15) is 35.7 Å².